The highest BCUT2D eigenvalue weighted by Crippen LogP contribution is 2.16. The molecule has 0 atom stereocenters. The van der Waals surface area contributed by atoms with Crippen LogP contribution in [0, 0.1) is 13.8 Å². The summed E-state index contributed by atoms with van der Waals surface area (Å²) in [6.45, 7) is 5.87. The van der Waals surface area contributed by atoms with Crippen molar-refractivity contribution < 1.29 is 14.4 Å². The molecule has 118 valence electrons. The fraction of sp³-hybridized carbons (Fsp3) is 0.438. The van der Waals surface area contributed by atoms with E-state index in [0.29, 0.717) is 26.2 Å². The quantitative estimate of drug-likeness (QED) is 0.664. The summed E-state index contributed by atoms with van der Waals surface area (Å²) in [5.41, 5.74) is 2.76. The van der Waals surface area contributed by atoms with E-state index in [1.54, 1.807) is 9.80 Å². The van der Waals surface area contributed by atoms with Crippen LogP contribution in [-0.4, -0.2) is 54.2 Å². The summed E-state index contributed by atoms with van der Waals surface area (Å²) in [7, 11) is 0. The highest BCUT2D eigenvalue weighted by Gasteiger charge is 2.22. The third kappa shape index (κ3) is 4.07. The minimum absolute atomic E-state index is 0.172. The van der Waals surface area contributed by atoms with Crippen LogP contribution in [0.5, 0.6) is 0 Å². The maximum atomic E-state index is 12.1. The van der Waals surface area contributed by atoms with E-state index in [1.165, 1.54) is 0 Å². The zero-order chi connectivity index (χ0) is 16.1. The Kier molecular flexibility index (Phi) is 5.14. The third-order valence-corrected chi connectivity index (χ3v) is 3.79. The maximum absolute atomic E-state index is 12.1. The SMILES string of the molecule is Cc1ccc(C)c(NC(=O)CC(=O)N2CCN(C=O)CC2)c1. The highest BCUT2D eigenvalue weighted by molar-refractivity contribution is 6.03. The number of hydrogen-bond donors (Lipinski definition) is 1. The molecule has 0 radical (unpaired) electrons. The molecule has 6 heteroatoms. The Balaban J connectivity index is 1.88. The molecule has 1 aliphatic rings. The van der Waals surface area contributed by atoms with Gasteiger partial charge in [0.2, 0.25) is 18.2 Å². The second-order valence-corrected chi connectivity index (χ2v) is 5.57. The first-order valence-electron chi connectivity index (χ1n) is 7.34. The summed E-state index contributed by atoms with van der Waals surface area (Å²) in [5.74, 6) is -0.509. The van der Waals surface area contributed by atoms with Gasteiger partial charge in [0.05, 0.1) is 0 Å². The Morgan fingerprint density at radius 1 is 1.18 bits per heavy atom. The molecule has 1 fully saturated rings. The van der Waals surface area contributed by atoms with E-state index in [-0.39, 0.29) is 18.2 Å². The second-order valence-electron chi connectivity index (χ2n) is 5.57. The second kappa shape index (κ2) is 7.06. The van der Waals surface area contributed by atoms with Crippen molar-refractivity contribution in [3.8, 4) is 0 Å². The lowest BCUT2D eigenvalue weighted by atomic mass is 10.1. The number of hydrogen-bond acceptors (Lipinski definition) is 3. The molecule has 1 saturated heterocycles. The zero-order valence-electron chi connectivity index (χ0n) is 13.0. The van der Waals surface area contributed by atoms with Crippen molar-refractivity contribution in [3.05, 3.63) is 29.3 Å². The fourth-order valence-corrected chi connectivity index (χ4v) is 2.39. The van der Waals surface area contributed by atoms with E-state index in [2.05, 4.69) is 5.32 Å². The van der Waals surface area contributed by atoms with Gasteiger partial charge in [-0.1, -0.05) is 12.1 Å². The van der Waals surface area contributed by atoms with E-state index in [4.69, 9.17) is 0 Å². The van der Waals surface area contributed by atoms with E-state index < -0.39 is 0 Å². The molecule has 2 rings (SSSR count). The number of anilines is 1. The van der Waals surface area contributed by atoms with Gasteiger partial charge in [-0.25, -0.2) is 0 Å². The lowest BCUT2D eigenvalue weighted by Crippen LogP contribution is -2.48. The first-order chi connectivity index (χ1) is 10.5. The van der Waals surface area contributed by atoms with Crippen molar-refractivity contribution in [2.45, 2.75) is 20.3 Å². The zero-order valence-corrected chi connectivity index (χ0v) is 13.0. The molecule has 1 heterocycles. The molecule has 1 aromatic carbocycles. The summed E-state index contributed by atoms with van der Waals surface area (Å²) in [4.78, 5) is 38.0. The Morgan fingerprint density at radius 3 is 2.50 bits per heavy atom. The number of nitrogens with zero attached hydrogens (tertiary/aromatic N) is 2. The van der Waals surface area contributed by atoms with Crippen LogP contribution in [0.4, 0.5) is 5.69 Å². The van der Waals surface area contributed by atoms with Crippen LogP contribution in [-0.2, 0) is 14.4 Å². The molecule has 6 nitrogen and oxygen atoms in total. The number of nitrogens with one attached hydrogen (secondary N) is 1. The van der Waals surface area contributed by atoms with Gasteiger partial charge in [-0.2, -0.15) is 0 Å². The van der Waals surface area contributed by atoms with Crippen LogP contribution in [0.25, 0.3) is 0 Å². The number of rotatable bonds is 4. The van der Waals surface area contributed by atoms with Gasteiger partial charge in [0.1, 0.15) is 6.42 Å². The first-order valence-corrected chi connectivity index (χ1v) is 7.34. The standard InChI is InChI=1S/C16H21N3O3/c1-12-3-4-13(2)14(9-12)17-15(21)10-16(22)19-7-5-18(11-20)6-8-19/h3-4,9,11H,5-8,10H2,1-2H3,(H,17,21). The molecular weight excluding hydrogens is 282 g/mol. The number of piperazine rings is 1. The molecule has 0 aromatic heterocycles. The predicted octanol–water partition coefficient (Wildman–Crippen LogP) is 0.933. The normalized spacial score (nSPS) is 14.6. The molecule has 1 aromatic rings. The molecule has 3 amide bonds. The van der Waals surface area contributed by atoms with Crippen LogP contribution >= 0.6 is 0 Å². The van der Waals surface area contributed by atoms with Gasteiger partial charge in [-0.3, -0.25) is 14.4 Å². The van der Waals surface area contributed by atoms with Gasteiger partial charge in [0.25, 0.3) is 0 Å². The van der Waals surface area contributed by atoms with Crippen LogP contribution in [0.15, 0.2) is 18.2 Å². The number of amides is 3. The summed E-state index contributed by atoms with van der Waals surface area (Å²) in [6, 6.07) is 5.80. The van der Waals surface area contributed by atoms with E-state index in [1.807, 2.05) is 32.0 Å². The van der Waals surface area contributed by atoms with Crippen LogP contribution in [0.2, 0.25) is 0 Å². The predicted molar refractivity (Wildman–Crippen MR) is 83.4 cm³/mol. The van der Waals surface area contributed by atoms with Crippen molar-refractivity contribution in [2.75, 3.05) is 31.5 Å². The largest absolute Gasteiger partial charge is 0.342 e. The topological polar surface area (TPSA) is 69.7 Å². The lowest BCUT2D eigenvalue weighted by Gasteiger charge is -2.32. The number of benzene rings is 1. The van der Waals surface area contributed by atoms with Gasteiger partial charge < -0.3 is 15.1 Å². The smallest absolute Gasteiger partial charge is 0.233 e. The lowest BCUT2D eigenvalue weighted by molar-refractivity contribution is -0.137. The van der Waals surface area contributed by atoms with Crippen molar-refractivity contribution in [1.29, 1.82) is 0 Å². The highest BCUT2D eigenvalue weighted by atomic mass is 16.2. The average Bonchev–Trinajstić information content (AvgIpc) is 2.51. The number of carbonyl (C=O) groups is 3. The van der Waals surface area contributed by atoms with Crippen molar-refractivity contribution in [2.24, 2.45) is 0 Å². The van der Waals surface area contributed by atoms with Crippen molar-refractivity contribution in [3.63, 3.8) is 0 Å². The fourth-order valence-electron chi connectivity index (χ4n) is 2.39. The van der Waals surface area contributed by atoms with Crippen molar-refractivity contribution in [1.82, 2.24) is 9.80 Å². The van der Waals surface area contributed by atoms with E-state index in [0.717, 1.165) is 23.2 Å². The maximum Gasteiger partial charge on any atom is 0.233 e. The van der Waals surface area contributed by atoms with E-state index in [9.17, 15) is 14.4 Å². The molecule has 0 spiro atoms. The monoisotopic (exact) mass is 303 g/mol. The summed E-state index contributed by atoms with van der Waals surface area (Å²) in [6.07, 6.45) is 0.615. The number of carbonyl (C=O) groups excluding carboxylic acids is 3. The Labute approximate surface area is 130 Å². The van der Waals surface area contributed by atoms with Crippen LogP contribution in [0.1, 0.15) is 17.5 Å². The van der Waals surface area contributed by atoms with E-state index >= 15 is 0 Å². The molecule has 0 aliphatic carbocycles. The first kappa shape index (κ1) is 16.0. The van der Waals surface area contributed by atoms with Crippen molar-refractivity contribution >= 4 is 23.9 Å². The molecule has 0 unspecified atom stereocenters. The van der Waals surface area contributed by atoms with Gasteiger partial charge in [0, 0.05) is 31.9 Å². The summed E-state index contributed by atoms with van der Waals surface area (Å²) < 4.78 is 0. The van der Waals surface area contributed by atoms with Gasteiger partial charge in [0.15, 0.2) is 0 Å². The molecule has 22 heavy (non-hydrogen) atoms. The Hall–Kier alpha value is -2.37. The molecular formula is C16H21N3O3. The number of aryl methyl sites for hydroxylation is 2. The minimum Gasteiger partial charge on any atom is -0.342 e. The molecule has 1 aliphatic heterocycles. The summed E-state index contributed by atoms with van der Waals surface area (Å²) in [5, 5.41) is 2.79. The van der Waals surface area contributed by atoms with Crippen LogP contribution < -0.4 is 5.32 Å². The van der Waals surface area contributed by atoms with Gasteiger partial charge in [-0.15, -0.1) is 0 Å². The minimum atomic E-state index is -0.309. The summed E-state index contributed by atoms with van der Waals surface area (Å²) >= 11 is 0. The van der Waals surface area contributed by atoms with Crippen LogP contribution in [0.3, 0.4) is 0 Å². The average molecular weight is 303 g/mol. The Morgan fingerprint density at radius 2 is 1.86 bits per heavy atom. The Bertz CT molecular complexity index is 578. The van der Waals surface area contributed by atoms with Gasteiger partial charge >= 0.3 is 0 Å². The third-order valence-electron chi connectivity index (χ3n) is 3.79. The molecule has 0 saturated carbocycles. The molecule has 0 bridgehead atoms. The van der Waals surface area contributed by atoms with Gasteiger partial charge in [-0.05, 0) is 31.0 Å². The molecule has 1 N–H and O–H groups in total.